The minimum absolute atomic E-state index is 0.322. The van der Waals surface area contributed by atoms with Gasteiger partial charge in [-0.3, -0.25) is 4.98 Å². The summed E-state index contributed by atoms with van der Waals surface area (Å²) in [5.74, 6) is -6.12. The summed E-state index contributed by atoms with van der Waals surface area (Å²) in [5, 5.41) is 0. The Kier molecular flexibility index (Phi) is 6.75. The Morgan fingerprint density at radius 2 is 1.65 bits per heavy atom. The second-order valence-corrected chi connectivity index (χ2v) is 12.4. The van der Waals surface area contributed by atoms with Gasteiger partial charge in [-0.15, -0.1) is 0 Å². The third-order valence-electron chi connectivity index (χ3n) is 7.08. The summed E-state index contributed by atoms with van der Waals surface area (Å²) in [6.07, 6.45) is -1.75. The van der Waals surface area contributed by atoms with Crippen molar-refractivity contribution in [3.8, 4) is 33.9 Å². The van der Waals surface area contributed by atoms with Crippen LogP contribution >= 0.6 is 0 Å². The van der Waals surface area contributed by atoms with E-state index < -0.39 is 50.7 Å². The van der Waals surface area contributed by atoms with Gasteiger partial charge in [0.05, 0.1) is 16.3 Å². The third-order valence-corrected chi connectivity index (χ3v) is 8.82. The standard InChI is InChI=1S/C28H25F6N3O2S/c1-4-40(38,39)22-11-19(18-9-7-17(8-10-18)16-5-6-16)13-35-24(22)25-23(29)26-21(36-25)12-20(14-37(26)15(2)3)27(30,31)28(32,33)34/h7-16H,4-6H2,1-3H3. The second-order valence-electron chi connectivity index (χ2n) is 10.2. The molecule has 0 atom stereocenters. The summed E-state index contributed by atoms with van der Waals surface area (Å²) in [7, 11) is -4.00. The largest absolute Gasteiger partial charge is 0.458 e. The van der Waals surface area contributed by atoms with Crippen molar-refractivity contribution < 1.29 is 34.8 Å². The lowest BCUT2D eigenvalue weighted by molar-refractivity contribution is -0.289. The van der Waals surface area contributed by atoms with Crippen molar-refractivity contribution in [2.75, 3.05) is 5.75 Å². The number of rotatable bonds is 7. The number of benzene rings is 1. The first kappa shape index (κ1) is 28.1. The summed E-state index contributed by atoms with van der Waals surface area (Å²) in [5.41, 5.74) is -0.819. The van der Waals surface area contributed by atoms with Crippen molar-refractivity contribution in [3.63, 3.8) is 0 Å². The van der Waals surface area contributed by atoms with Gasteiger partial charge in [-0.1, -0.05) is 31.2 Å². The number of pyridine rings is 2. The molecule has 0 amide bonds. The number of hydrogen-bond donors (Lipinski definition) is 0. The smallest absolute Gasteiger partial charge is 0.341 e. The number of sulfone groups is 1. The Balaban J connectivity index is 1.70. The van der Waals surface area contributed by atoms with E-state index in [2.05, 4.69) is 9.97 Å². The first-order valence-corrected chi connectivity index (χ1v) is 14.3. The number of aromatic nitrogens is 3. The maximum atomic E-state index is 15.9. The molecule has 0 saturated heterocycles. The quantitative estimate of drug-likeness (QED) is 0.209. The number of halogens is 6. The van der Waals surface area contributed by atoms with Crippen LogP contribution in [-0.2, 0) is 15.8 Å². The predicted molar refractivity (Wildman–Crippen MR) is 138 cm³/mol. The van der Waals surface area contributed by atoms with E-state index in [1.165, 1.54) is 38.6 Å². The van der Waals surface area contributed by atoms with Gasteiger partial charge < -0.3 is 4.57 Å². The molecule has 0 radical (unpaired) electrons. The first-order valence-electron chi connectivity index (χ1n) is 12.6. The molecule has 2 aromatic rings. The number of nitrogens with zero attached hydrogens (tertiary/aromatic N) is 3. The molecule has 2 aliphatic heterocycles. The van der Waals surface area contributed by atoms with E-state index in [0.717, 1.165) is 17.4 Å². The molecule has 5 nitrogen and oxygen atoms in total. The third kappa shape index (κ3) is 4.76. The van der Waals surface area contributed by atoms with Crippen LogP contribution in [0.2, 0.25) is 0 Å². The number of hydrogen-bond acceptors (Lipinski definition) is 4. The van der Waals surface area contributed by atoms with Gasteiger partial charge in [-0.25, -0.2) is 17.8 Å². The van der Waals surface area contributed by atoms with Crippen LogP contribution < -0.4 is 0 Å². The minimum Gasteiger partial charge on any atom is -0.341 e. The number of fused-ring (bicyclic) bond motifs is 1. The van der Waals surface area contributed by atoms with E-state index in [9.17, 15) is 30.4 Å². The van der Waals surface area contributed by atoms with Crippen LogP contribution in [0.5, 0.6) is 0 Å². The molecule has 1 aromatic carbocycles. The summed E-state index contributed by atoms with van der Waals surface area (Å²) in [6.45, 7) is 4.37. The zero-order chi connectivity index (χ0) is 29.2. The lowest BCUT2D eigenvalue weighted by atomic mass is 10.0. The van der Waals surface area contributed by atoms with E-state index >= 15 is 4.39 Å². The van der Waals surface area contributed by atoms with Crippen LogP contribution in [0.25, 0.3) is 33.9 Å². The lowest BCUT2D eigenvalue weighted by Gasteiger charge is -2.24. The summed E-state index contributed by atoms with van der Waals surface area (Å²) in [6, 6.07) is 8.69. The highest BCUT2D eigenvalue weighted by atomic mass is 32.2. The van der Waals surface area contributed by atoms with E-state index in [1.807, 2.05) is 24.3 Å². The van der Waals surface area contributed by atoms with Crippen LogP contribution in [0.1, 0.15) is 56.7 Å². The molecule has 5 rings (SSSR count). The molecule has 1 aliphatic carbocycles. The van der Waals surface area contributed by atoms with Crippen LogP contribution in [0.15, 0.2) is 53.7 Å². The average molecular weight is 582 g/mol. The van der Waals surface area contributed by atoms with E-state index in [4.69, 9.17) is 0 Å². The van der Waals surface area contributed by atoms with Crippen molar-refractivity contribution in [2.45, 2.75) is 62.6 Å². The van der Waals surface area contributed by atoms with E-state index in [0.29, 0.717) is 29.3 Å². The molecule has 40 heavy (non-hydrogen) atoms. The molecule has 1 aromatic heterocycles. The van der Waals surface area contributed by atoms with Crippen molar-refractivity contribution >= 4 is 9.84 Å². The van der Waals surface area contributed by atoms with Gasteiger partial charge in [0.2, 0.25) is 0 Å². The Morgan fingerprint density at radius 3 is 2.20 bits per heavy atom. The Labute approximate surface area is 227 Å². The van der Waals surface area contributed by atoms with Gasteiger partial charge in [0, 0.05) is 29.6 Å². The molecule has 12 heteroatoms. The fourth-order valence-electron chi connectivity index (χ4n) is 4.63. The highest BCUT2D eigenvalue weighted by Crippen LogP contribution is 2.47. The van der Waals surface area contributed by atoms with Gasteiger partial charge in [0.25, 0.3) is 0 Å². The van der Waals surface area contributed by atoms with E-state index in [1.54, 1.807) is 0 Å². The first-order chi connectivity index (χ1) is 18.7. The predicted octanol–water partition coefficient (Wildman–Crippen LogP) is 7.76. The molecular formula is C28H25F6N3O2S. The van der Waals surface area contributed by atoms with Gasteiger partial charge >= 0.3 is 12.1 Å². The van der Waals surface area contributed by atoms with Crippen LogP contribution in [0.3, 0.4) is 0 Å². The molecule has 0 unspecified atom stereocenters. The molecule has 3 heterocycles. The summed E-state index contributed by atoms with van der Waals surface area (Å²) in [4.78, 5) is 7.92. The van der Waals surface area contributed by atoms with Crippen LogP contribution in [-0.4, -0.2) is 34.9 Å². The minimum atomic E-state index is -5.89. The molecule has 212 valence electrons. The lowest BCUT2D eigenvalue weighted by Crippen LogP contribution is -2.34. The second kappa shape index (κ2) is 9.60. The Hall–Kier alpha value is -3.41. The zero-order valence-corrected chi connectivity index (χ0v) is 22.5. The van der Waals surface area contributed by atoms with Crippen LogP contribution in [0.4, 0.5) is 26.3 Å². The van der Waals surface area contributed by atoms with Crippen molar-refractivity contribution in [3.05, 3.63) is 65.7 Å². The Bertz CT molecular complexity index is 1660. The summed E-state index contributed by atoms with van der Waals surface area (Å²) >= 11 is 0. The molecule has 1 saturated carbocycles. The molecular weight excluding hydrogens is 556 g/mol. The average Bonchev–Trinajstić information content (AvgIpc) is 3.70. The van der Waals surface area contributed by atoms with Gasteiger partial charge in [0.15, 0.2) is 15.7 Å². The van der Waals surface area contributed by atoms with Crippen molar-refractivity contribution in [1.82, 2.24) is 14.5 Å². The molecule has 0 spiro atoms. The number of alkyl halides is 5. The SMILES string of the molecule is CCS(=O)(=O)c1cc(-c2ccc(C3CC3)cc2)cnc1-c1nc2cc(C(F)(F)C(F)(F)F)cn(C(C)C)c-2c1F. The van der Waals surface area contributed by atoms with Crippen LogP contribution in [0, 0.1) is 5.82 Å². The zero-order valence-electron chi connectivity index (χ0n) is 21.7. The molecule has 0 N–H and O–H groups in total. The molecule has 0 bridgehead atoms. The molecule has 3 aliphatic rings. The Morgan fingerprint density at radius 1 is 1.00 bits per heavy atom. The van der Waals surface area contributed by atoms with Gasteiger partial charge in [0.1, 0.15) is 17.1 Å². The highest BCUT2D eigenvalue weighted by Gasteiger charge is 2.59. The van der Waals surface area contributed by atoms with Gasteiger partial charge in [-0.05, 0) is 55.9 Å². The van der Waals surface area contributed by atoms with Gasteiger partial charge in [-0.2, -0.15) is 22.0 Å². The van der Waals surface area contributed by atoms with E-state index in [-0.39, 0.29) is 22.0 Å². The normalized spacial score (nSPS) is 14.8. The molecule has 1 fully saturated rings. The fraction of sp³-hybridized carbons (Fsp3) is 0.357. The summed E-state index contributed by atoms with van der Waals surface area (Å²) < 4.78 is 111. The highest BCUT2D eigenvalue weighted by molar-refractivity contribution is 7.91. The maximum absolute atomic E-state index is 15.9. The monoisotopic (exact) mass is 581 g/mol. The van der Waals surface area contributed by atoms with Crippen molar-refractivity contribution in [2.24, 2.45) is 0 Å². The van der Waals surface area contributed by atoms with Crippen molar-refractivity contribution in [1.29, 1.82) is 0 Å². The fourth-order valence-corrected chi connectivity index (χ4v) is 5.69. The maximum Gasteiger partial charge on any atom is 0.458 e. The topological polar surface area (TPSA) is 64.8 Å².